The maximum absolute atomic E-state index is 10.0. The first kappa shape index (κ1) is 17.3. The standard InChI is InChI=1S/C29H31NO3/c1-3-14-30-17-21(18-30)15-20-4-6-23(7-5-20)29-28(22-8-10-24(31)11-9-22)19(2)26-13-12-25(32)16-27(26)33-29/h4-13,16,21,29,31-32H,3,14-15,17-18H2,1-2H3/i1D3,15D. The number of hydrogen-bond donors (Lipinski definition) is 2. The highest BCUT2D eigenvalue weighted by Gasteiger charge is 2.30. The number of aromatic hydroxyl groups is 2. The number of fused-ring (bicyclic) bond motifs is 1. The van der Waals surface area contributed by atoms with E-state index in [0.717, 1.165) is 46.5 Å². The average molecular weight is 446 g/mol. The minimum Gasteiger partial charge on any atom is -0.508 e. The van der Waals surface area contributed by atoms with Gasteiger partial charge in [-0.3, -0.25) is 0 Å². The Balaban J connectivity index is 1.37. The Morgan fingerprint density at radius 2 is 1.73 bits per heavy atom. The Hall–Kier alpha value is -3.24. The van der Waals surface area contributed by atoms with E-state index >= 15 is 0 Å². The summed E-state index contributed by atoms with van der Waals surface area (Å²) >= 11 is 0. The van der Waals surface area contributed by atoms with Crippen LogP contribution in [0.15, 0.2) is 66.7 Å². The molecule has 1 fully saturated rings. The van der Waals surface area contributed by atoms with Crippen LogP contribution in [0.3, 0.4) is 0 Å². The molecule has 2 atom stereocenters. The first-order valence-corrected chi connectivity index (χ1v) is 11.3. The Morgan fingerprint density at radius 3 is 2.45 bits per heavy atom. The van der Waals surface area contributed by atoms with Crippen LogP contribution in [0.5, 0.6) is 17.2 Å². The predicted molar refractivity (Wildman–Crippen MR) is 132 cm³/mol. The van der Waals surface area contributed by atoms with E-state index in [9.17, 15) is 10.2 Å². The average Bonchev–Trinajstić information content (AvgIpc) is 2.83. The summed E-state index contributed by atoms with van der Waals surface area (Å²) in [5.41, 5.74) is 5.72. The maximum Gasteiger partial charge on any atom is 0.150 e. The van der Waals surface area contributed by atoms with Gasteiger partial charge in [0.2, 0.25) is 0 Å². The number of phenols is 2. The van der Waals surface area contributed by atoms with Crippen LogP contribution in [-0.2, 0) is 6.40 Å². The van der Waals surface area contributed by atoms with E-state index < -0.39 is 13.0 Å². The second kappa shape index (κ2) is 8.95. The number of benzene rings is 3. The molecular weight excluding hydrogens is 410 g/mol. The molecule has 2 aliphatic heterocycles. The molecule has 3 aromatic carbocycles. The van der Waals surface area contributed by atoms with Crippen LogP contribution >= 0.6 is 0 Å². The van der Waals surface area contributed by atoms with Crippen molar-refractivity contribution in [2.45, 2.75) is 32.7 Å². The van der Waals surface area contributed by atoms with Crippen molar-refractivity contribution in [3.05, 3.63) is 89.0 Å². The van der Waals surface area contributed by atoms with Gasteiger partial charge in [-0.2, -0.15) is 0 Å². The van der Waals surface area contributed by atoms with Gasteiger partial charge < -0.3 is 19.8 Å². The minimum atomic E-state index is -1.91. The van der Waals surface area contributed by atoms with Crippen molar-refractivity contribution in [1.82, 2.24) is 4.90 Å². The predicted octanol–water partition coefficient (Wildman–Crippen LogP) is 6.05. The molecule has 5 rings (SSSR count). The monoisotopic (exact) mass is 445 g/mol. The first-order chi connectivity index (χ1) is 17.6. The second-order valence-electron chi connectivity index (χ2n) is 8.87. The van der Waals surface area contributed by atoms with Gasteiger partial charge in [-0.1, -0.05) is 43.3 Å². The lowest BCUT2D eigenvalue weighted by molar-refractivity contribution is 0.101. The lowest BCUT2D eigenvalue weighted by Gasteiger charge is -2.39. The van der Waals surface area contributed by atoms with E-state index in [1.54, 1.807) is 24.3 Å². The maximum atomic E-state index is 10.0. The summed E-state index contributed by atoms with van der Waals surface area (Å²) in [6, 6.07) is 20.1. The molecule has 0 saturated carbocycles. The number of ether oxygens (including phenoxy) is 1. The molecule has 33 heavy (non-hydrogen) atoms. The third-order valence-electron chi connectivity index (χ3n) is 6.54. The molecule has 2 unspecified atom stereocenters. The summed E-state index contributed by atoms with van der Waals surface area (Å²) in [6.45, 7) is 2.15. The molecule has 0 aromatic heterocycles. The van der Waals surface area contributed by atoms with Gasteiger partial charge in [-0.15, -0.1) is 0 Å². The molecule has 0 bridgehead atoms. The van der Waals surface area contributed by atoms with Crippen molar-refractivity contribution >= 4 is 11.1 Å². The molecule has 1 saturated heterocycles. The topological polar surface area (TPSA) is 52.9 Å². The summed E-state index contributed by atoms with van der Waals surface area (Å²) < 4.78 is 37.3. The van der Waals surface area contributed by atoms with Crippen molar-refractivity contribution in [1.29, 1.82) is 0 Å². The Bertz CT molecular complexity index is 1300. The highest BCUT2D eigenvalue weighted by Crippen LogP contribution is 2.47. The van der Waals surface area contributed by atoms with E-state index in [1.807, 2.05) is 49.4 Å². The van der Waals surface area contributed by atoms with E-state index in [0.29, 0.717) is 12.3 Å². The molecule has 0 amide bonds. The van der Waals surface area contributed by atoms with Gasteiger partial charge in [-0.05, 0) is 78.7 Å². The van der Waals surface area contributed by atoms with Crippen LogP contribution in [0.4, 0.5) is 0 Å². The van der Waals surface area contributed by atoms with Gasteiger partial charge in [0.25, 0.3) is 0 Å². The summed E-state index contributed by atoms with van der Waals surface area (Å²) in [5.74, 6) is 1.12. The van der Waals surface area contributed by atoms with Gasteiger partial charge >= 0.3 is 0 Å². The zero-order valence-electron chi connectivity index (χ0n) is 22.7. The molecule has 0 spiro atoms. The molecule has 2 aliphatic rings. The normalized spacial score (nSPS) is 21.7. The minimum absolute atomic E-state index is 0.138. The molecule has 2 N–H and O–H groups in total. The van der Waals surface area contributed by atoms with Crippen molar-refractivity contribution < 1.29 is 20.4 Å². The Labute approximate surface area is 201 Å². The Kier molecular flexibility index (Phi) is 4.68. The van der Waals surface area contributed by atoms with Crippen molar-refractivity contribution in [2.24, 2.45) is 5.92 Å². The zero-order valence-corrected chi connectivity index (χ0v) is 18.7. The van der Waals surface area contributed by atoms with Gasteiger partial charge in [0.1, 0.15) is 23.4 Å². The summed E-state index contributed by atoms with van der Waals surface area (Å²) in [5, 5.41) is 19.8. The van der Waals surface area contributed by atoms with Crippen LogP contribution in [-0.4, -0.2) is 34.7 Å². The van der Waals surface area contributed by atoms with E-state index in [2.05, 4.69) is 4.90 Å². The fraction of sp³-hybridized carbons (Fsp3) is 0.310. The molecule has 0 aliphatic carbocycles. The molecule has 4 heteroatoms. The molecule has 3 aromatic rings. The lowest BCUT2D eigenvalue weighted by atomic mass is 9.85. The van der Waals surface area contributed by atoms with Crippen molar-refractivity contribution in [2.75, 3.05) is 19.6 Å². The first-order valence-electron chi connectivity index (χ1n) is 13.4. The van der Waals surface area contributed by atoms with Gasteiger partial charge in [0, 0.05) is 35.8 Å². The van der Waals surface area contributed by atoms with Crippen molar-refractivity contribution in [3.63, 3.8) is 0 Å². The number of hydrogen-bond acceptors (Lipinski definition) is 4. The van der Waals surface area contributed by atoms with E-state index in [-0.39, 0.29) is 30.2 Å². The summed E-state index contributed by atoms with van der Waals surface area (Å²) in [7, 11) is 0. The fourth-order valence-corrected chi connectivity index (χ4v) is 4.80. The number of allylic oxidation sites excluding steroid dienone is 1. The van der Waals surface area contributed by atoms with Crippen LogP contribution < -0.4 is 4.74 Å². The largest absolute Gasteiger partial charge is 0.508 e. The molecule has 2 heterocycles. The summed E-state index contributed by atoms with van der Waals surface area (Å²) in [6.07, 6.45) is -0.622. The molecule has 0 radical (unpaired) electrons. The molecule has 4 nitrogen and oxygen atoms in total. The summed E-state index contributed by atoms with van der Waals surface area (Å²) in [4.78, 5) is 2.10. The second-order valence-corrected chi connectivity index (χ2v) is 8.87. The van der Waals surface area contributed by atoms with Gasteiger partial charge in [-0.25, -0.2) is 0 Å². The van der Waals surface area contributed by atoms with Crippen LogP contribution in [0.25, 0.3) is 11.1 Å². The molecule has 170 valence electrons. The van der Waals surface area contributed by atoms with Gasteiger partial charge in [0.15, 0.2) is 0 Å². The number of rotatable bonds is 6. The Morgan fingerprint density at radius 1 is 1.00 bits per heavy atom. The number of nitrogens with zero attached hydrogens (tertiary/aromatic N) is 1. The quantitative estimate of drug-likeness (QED) is 0.485. The highest BCUT2D eigenvalue weighted by atomic mass is 16.5. The zero-order chi connectivity index (χ0) is 26.3. The van der Waals surface area contributed by atoms with Crippen LogP contribution in [0.2, 0.25) is 0 Å². The smallest absolute Gasteiger partial charge is 0.150 e. The van der Waals surface area contributed by atoms with E-state index in [4.69, 9.17) is 10.2 Å². The SMILES string of the molecule is [2H]C(c1ccc(C2Oc3cc(O)ccc3C(C)=C2c2ccc(O)cc2)cc1)C1CN(CCC([2H])([2H])[2H])C1. The number of phenolic OH excluding ortho intramolecular Hbond substituents is 2. The fourth-order valence-electron chi connectivity index (χ4n) is 4.80. The van der Waals surface area contributed by atoms with E-state index in [1.165, 1.54) is 0 Å². The molecular formula is C29H31NO3. The lowest BCUT2D eigenvalue weighted by Crippen LogP contribution is -2.47. The van der Waals surface area contributed by atoms with Crippen LogP contribution in [0, 0.1) is 5.92 Å². The van der Waals surface area contributed by atoms with Crippen LogP contribution in [0.1, 0.15) is 54.0 Å². The third kappa shape index (κ3) is 4.36. The number of likely N-dealkylation sites (tertiary alicyclic amines) is 1. The van der Waals surface area contributed by atoms with Crippen molar-refractivity contribution in [3.8, 4) is 17.2 Å². The highest BCUT2D eigenvalue weighted by molar-refractivity contribution is 5.95. The van der Waals surface area contributed by atoms with Gasteiger partial charge in [0.05, 0.1) is 0 Å². The third-order valence-corrected chi connectivity index (χ3v) is 6.54.